The monoisotopic (exact) mass is 385 g/mol. The van der Waals surface area contributed by atoms with Crippen molar-refractivity contribution in [3.8, 4) is 0 Å². The number of hydrogen-bond acceptors (Lipinski definition) is 2. The predicted octanol–water partition coefficient (Wildman–Crippen LogP) is 3.49. The minimum absolute atomic E-state index is 0.0511. The first-order valence-corrected chi connectivity index (χ1v) is 9.63. The van der Waals surface area contributed by atoms with E-state index in [0.29, 0.717) is 30.2 Å². The lowest BCUT2D eigenvalue weighted by Crippen LogP contribution is -2.49. The molecule has 3 amide bonds. The number of rotatable bonds is 5. The molecule has 27 heavy (non-hydrogen) atoms. The van der Waals surface area contributed by atoms with Crippen LogP contribution >= 0.6 is 11.6 Å². The van der Waals surface area contributed by atoms with E-state index in [1.54, 1.807) is 12.1 Å². The highest BCUT2D eigenvalue weighted by Crippen LogP contribution is 2.13. The SMILES string of the molecule is O=C(NC1CCN(C(=O)NCCc2cccc(Cl)c2)CC1)c1ccccc1. The molecule has 1 heterocycles. The van der Waals surface area contributed by atoms with Crippen LogP contribution in [0.2, 0.25) is 5.02 Å². The van der Waals surface area contributed by atoms with Gasteiger partial charge in [-0.3, -0.25) is 4.79 Å². The lowest BCUT2D eigenvalue weighted by atomic mass is 10.0. The fraction of sp³-hybridized carbons (Fsp3) is 0.333. The Morgan fingerprint density at radius 2 is 1.78 bits per heavy atom. The van der Waals surface area contributed by atoms with Crippen LogP contribution in [-0.4, -0.2) is 42.5 Å². The summed E-state index contributed by atoms with van der Waals surface area (Å²) in [5.41, 5.74) is 1.77. The van der Waals surface area contributed by atoms with Gasteiger partial charge in [-0.15, -0.1) is 0 Å². The topological polar surface area (TPSA) is 61.4 Å². The van der Waals surface area contributed by atoms with E-state index in [0.717, 1.165) is 24.8 Å². The van der Waals surface area contributed by atoms with Crippen LogP contribution in [0.4, 0.5) is 4.79 Å². The third-order valence-corrected chi connectivity index (χ3v) is 4.97. The number of halogens is 1. The Bertz CT molecular complexity index is 774. The van der Waals surface area contributed by atoms with Gasteiger partial charge in [-0.1, -0.05) is 41.9 Å². The predicted molar refractivity (Wildman–Crippen MR) is 107 cm³/mol. The Morgan fingerprint density at radius 1 is 1.04 bits per heavy atom. The summed E-state index contributed by atoms with van der Waals surface area (Å²) < 4.78 is 0. The molecule has 0 saturated carbocycles. The first kappa shape index (κ1) is 19.2. The number of urea groups is 1. The summed E-state index contributed by atoms with van der Waals surface area (Å²) in [6, 6.07) is 16.9. The first-order chi connectivity index (χ1) is 13.1. The van der Waals surface area contributed by atoms with E-state index < -0.39 is 0 Å². The molecule has 2 aromatic carbocycles. The molecule has 0 bridgehead atoms. The molecule has 2 aromatic rings. The van der Waals surface area contributed by atoms with E-state index >= 15 is 0 Å². The molecule has 6 heteroatoms. The van der Waals surface area contributed by atoms with Gasteiger partial charge >= 0.3 is 6.03 Å². The summed E-state index contributed by atoms with van der Waals surface area (Å²) >= 11 is 5.97. The van der Waals surface area contributed by atoms with Crippen molar-refractivity contribution in [2.75, 3.05) is 19.6 Å². The second-order valence-electron chi connectivity index (χ2n) is 6.71. The Balaban J connectivity index is 1.38. The number of nitrogens with one attached hydrogen (secondary N) is 2. The molecule has 1 aliphatic heterocycles. The van der Waals surface area contributed by atoms with Crippen molar-refractivity contribution in [3.63, 3.8) is 0 Å². The maximum atomic E-state index is 12.3. The van der Waals surface area contributed by atoms with E-state index in [9.17, 15) is 9.59 Å². The smallest absolute Gasteiger partial charge is 0.317 e. The van der Waals surface area contributed by atoms with Crippen LogP contribution in [0.5, 0.6) is 0 Å². The van der Waals surface area contributed by atoms with E-state index in [1.807, 2.05) is 47.4 Å². The summed E-state index contributed by atoms with van der Waals surface area (Å²) in [4.78, 5) is 26.3. The second kappa shape index (κ2) is 9.42. The molecule has 142 valence electrons. The van der Waals surface area contributed by atoms with E-state index in [1.165, 1.54) is 0 Å². The minimum atomic E-state index is -0.0555. The Kier molecular flexibility index (Phi) is 6.71. The number of likely N-dealkylation sites (tertiary alicyclic amines) is 1. The number of piperidine rings is 1. The van der Waals surface area contributed by atoms with Crippen molar-refractivity contribution in [3.05, 3.63) is 70.7 Å². The molecule has 1 saturated heterocycles. The molecule has 1 fully saturated rings. The molecule has 3 rings (SSSR count). The number of carbonyl (C=O) groups excluding carboxylic acids is 2. The average molecular weight is 386 g/mol. The van der Waals surface area contributed by atoms with Crippen molar-refractivity contribution >= 4 is 23.5 Å². The lowest BCUT2D eigenvalue weighted by molar-refractivity contribution is 0.0918. The fourth-order valence-electron chi connectivity index (χ4n) is 3.20. The molecule has 2 N–H and O–H groups in total. The molecule has 0 aromatic heterocycles. The van der Waals surface area contributed by atoms with Gasteiger partial charge in [0.15, 0.2) is 0 Å². The highest BCUT2D eigenvalue weighted by atomic mass is 35.5. The molecule has 5 nitrogen and oxygen atoms in total. The van der Waals surface area contributed by atoms with Crippen LogP contribution in [-0.2, 0) is 6.42 Å². The highest BCUT2D eigenvalue weighted by molar-refractivity contribution is 6.30. The summed E-state index contributed by atoms with van der Waals surface area (Å²) in [5.74, 6) is -0.0555. The van der Waals surface area contributed by atoms with E-state index in [4.69, 9.17) is 11.6 Å². The van der Waals surface area contributed by atoms with Crippen LogP contribution in [0.15, 0.2) is 54.6 Å². The number of nitrogens with zero attached hydrogens (tertiary/aromatic N) is 1. The quantitative estimate of drug-likeness (QED) is 0.827. The maximum Gasteiger partial charge on any atom is 0.317 e. The number of benzene rings is 2. The van der Waals surface area contributed by atoms with Crippen LogP contribution in [0, 0.1) is 0 Å². The molecule has 1 aliphatic rings. The molecular weight excluding hydrogens is 362 g/mol. The molecular formula is C21H24ClN3O2. The van der Waals surface area contributed by atoms with Gasteiger partial charge in [0, 0.05) is 36.3 Å². The van der Waals surface area contributed by atoms with Crippen molar-refractivity contribution in [2.24, 2.45) is 0 Å². The Hall–Kier alpha value is -2.53. The zero-order valence-electron chi connectivity index (χ0n) is 15.2. The summed E-state index contributed by atoms with van der Waals surface area (Å²) in [5, 5.41) is 6.72. The Labute approximate surface area is 164 Å². The number of carbonyl (C=O) groups is 2. The zero-order chi connectivity index (χ0) is 19.1. The van der Waals surface area contributed by atoms with Crippen LogP contribution in [0.1, 0.15) is 28.8 Å². The second-order valence-corrected chi connectivity index (χ2v) is 7.15. The highest BCUT2D eigenvalue weighted by Gasteiger charge is 2.23. The van der Waals surface area contributed by atoms with E-state index in [-0.39, 0.29) is 18.0 Å². The van der Waals surface area contributed by atoms with Crippen LogP contribution in [0.3, 0.4) is 0 Å². The normalized spacial score (nSPS) is 14.6. The lowest BCUT2D eigenvalue weighted by Gasteiger charge is -2.32. The summed E-state index contributed by atoms with van der Waals surface area (Å²) in [6.07, 6.45) is 2.27. The summed E-state index contributed by atoms with van der Waals surface area (Å²) in [6.45, 7) is 1.86. The third kappa shape index (κ3) is 5.73. The van der Waals surface area contributed by atoms with Crippen molar-refractivity contribution in [2.45, 2.75) is 25.3 Å². The van der Waals surface area contributed by atoms with E-state index in [2.05, 4.69) is 10.6 Å². The molecule has 0 unspecified atom stereocenters. The number of hydrogen-bond donors (Lipinski definition) is 2. The maximum absolute atomic E-state index is 12.3. The van der Waals surface area contributed by atoms with Gasteiger partial charge in [-0.25, -0.2) is 4.79 Å². The summed E-state index contributed by atoms with van der Waals surface area (Å²) in [7, 11) is 0. The van der Waals surface area contributed by atoms with Crippen LogP contribution in [0.25, 0.3) is 0 Å². The van der Waals surface area contributed by atoms with Gasteiger partial charge in [0.05, 0.1) is 0 Å². The van der Waals surface area contributed by atoms with Crippen molar-refractivity contribution in [1.82, 2.24) is 15.5 Å². The molecule has 0 aliphatic carbocycles. The van der Waals surface area contributed by atoms with Crippen LogP contribution < -0.4 is 10.6 Å². The van der Waals surface area contributed by atoms with Gasteiger partial charge < -0.3 is 15.5 Å². The van der Waals surface area contributed by atoms with Gasteiger partial charge in [-0.2, -0.15) is 0 Å². The number of amides is 3. The average Bonchev–Trinajstić information content (AvgIpc) is 2.69. The first-order valence-electron chi connectivity index (χ1n) is 9.25. The standard InChI is InChI=1S/C21H24ClN3O2/c22-18-8-4-5-16(15-18)9-12-23-21(27)25-13-10-19(11-14-25)24-20(26)17-6-2-1-3-7-17/h1-8,15,19H,9-14H2,(H,23,27)(H,24,26). The van der Waals surface area contributed by atoms with Crippen molar-refractivity contribution in [1.29, 1.82) is 0 Å². The van der Waals surface area contributed by atoms with Gasteiger partial charge in [0.25, 0.3) is 5.91 Å². The minimum Gasteiger partial charge on any atom is -0.349 e. The molecule has 0 atom stereocenters. The largest absolute Gasteiger partial charge is 0.349 e. The Morgan fingerprint density at radius 3 is 2.48 bits per heavy atom. The van der Waals surface area contributed by atoms with Gasteiger partial charge in [-0.05, 0) is 49.1 Å². The van der Waals surface area contributed by atoms with Gasteiger partial charge in [0.1, 0.15) is 0 Å². The van der Waals surface area contributed by atoms with Gasteiger partial charge in [0.2, 0.25) is 0 Å². The molecule has 0 spiro atoms. The fourth-order valence-corrected chi connectivity index (χ4v) is 3.42. The van der Waals surface area contributed by atoms with Crippen molar-refractivity contribution < 1.29 is 9.59 Å². The molecule has 0 radical (unpaired) electrons. The zero-order valence-corrected chi connectivity index (χ0v) is 15.9. The third-order valence-electron chi connectivity index (χ3n) is 4.73.